The van der Waals surface area contributed by atoms with Crippen LogP contribution in [0.1, 0.15) is 18.6 Å². The Morgan fingerprint density at radius 2 is 2.18 bits per heavy atom. The lowest BCUT2D eigenvalue weighted by atomic mass is 10.3. The highest BCUT2D eigenvalue weighted by molar-refractivity contribution is 14.0. The van der Waals surface area contributed by atoms with Gasteiger partial charge in [0, 0.05) is 39.8 Å². The fraction of sp³-hybridized carbons (Fsp3) is 0.412. The summed E-state index contributed by atoms with van der Waals surface area (Å²) in [6.07, 6.45) is 3.81. The molecule has 10 nitrogen and oxygen atoms in total. The maximum absolute atomic E-state index is 5.27. The number of aromatic nitrogens is 6. The summed E-state index contributed by atoms with van der Waals surface area (Å²) < 4.78 is 7.02. The standard InChI is InChI=1S/C17H23N9O.HI/c1-4-18-17(25(2)11-15-21-12-22-26(15)3)20-10-8-14-23-16(27-24-14)13-7-5-6-9-19-13;/h5-7,9,12H,4,8,10-11H2,1-3H3,(H,18,20);1H. The Kier molecular flexibility index (Phi) is 8.29. The molecular formula is C17H24IN9O. The molecule has 3 rings (SSSR count). The fourth-order valence-electron chi connectivity index (χ4n) is 2.43. The molecule has 0 unspecified atom stereocenters. The highest BCUT2D eigenvalue weighted by atomic mass is 127. The van der Waals surface area contributed by atoms with Crippen molar-refractivity contribution < 1.29 is 4.52 Å². The number of aryl methyl sites for hydroxylation is 1. The van der Waals surface area contributed by atoms with E-state index in [4.69, 9.17) is 4.52 Å². The number of halogens is 1. The normalized spacial score (nSPS) is 11.2. The van der Waals surface area contributed by atoms with E-state index in [1.807, 2.05) is 44.1 Å². The van der Waals surface area contributed by atoms with Crippen LogP contribution in [0.25, 0.3) is 11.6 Å². The van der Waals surface area contributed by atoms with E-state index in [9.17, 15) is 0 Å². The van der Waals surface area contributed by atoms with Gasteiger partial charge < -0.3 is 14.7 Å². The number of rotatable bonds is 7. The van der Waals surface area contributed by atoms with E-state index < -0.39 is 0 Å². The molecule has 0 atom stereocenters. The third kappa shape index (κ3) is 5.71. The smallest absolute Gasteiger partial charge is 0.276 e. The van der Waals surface area contributed by atoms with Gasteiger partial charge in [0.25, 0.3) is 5.89 Å². The number of guanidine groups is 1. The van der Waals surface area contributed by atoms with Gasteiger partial charge in [0.1, 0.15) is 17.8 Å². The zero-order valence-corrected chi connectivity index (χ0v) is 18.4. The van der Waals surface area contributed by atoms with E-state index in [1.54, 1.807) is 17.2 Å². The molecule has 3 aromatic rings. The molecule has 3 aromatic heterocycles. The van der Waals surface area contributed by atoms with E-state index in [-0.39, 0.29) is 24.0 Å². The Hall–Kier alpha value is -2.57. The zero-order chi connectivity index (χ0) is 19.1. The molecule has 11 heteroatoms. The molecule has 0 saturated heterocycles. The molecule has 3 heterocycles. The van der Waals surface area contributed by atoms with E-state index in [0.29, 0.717) is 36.9 Å². The quantitative estimate of drug-likeness (QED) is 0.297. The number of nitrogens with one attached hydrogen (secondary N) is 1. The Morgan fingerprint density at radius 1 is 1.32 bits per heavy atom. The molecule has 0 spiro atoms. The molecule has 0 aromatic carbocycles. The minimum absolute atomic E-state index is 0. The zero-order valence-electron chi connectivity index (χ0n) is 16.1. The van der Waals surface area contributed by atoms with Crippen molar-refractivity contribution in [3.63, 3.8) is 0 Å². The molecular weight excluding hydrogens is 473 g/mol. The van der Waals surface area contributed by atoms with Crippen LogP contribution in [0.3, 0.4) is 0 Å². The van der Waals surface area contributed by atoms with Crippen LogP contribution >= 0.6 is 24.0 Å². The van der Waals surface area contributed by atoms with Crippen LogP contribution in [0.4, 0.5) is 0 Å². The van der Waals surface area contributed by atoms with Crippen molar-refractivity contribution in [1.29, 1.82) is 0 Å². The largest absolute Gasteiger partial charge is 0.357 e. The van der Waals surface area contributed by atoms with E-state index in [2.05, 4.69) is 35.5 Å². The van der Waals surface area contributed by atoms with Gasteiger partial charge in [-0.15, -0.1) is 24.0 Å². The van der Waals surface area contributed by atoms with Crippen molar-refractivity contribution >= 4 is 29.9 Å². The predicted octanol–water partition coefficient (Wildman–Crippen LogP) is 1.52. The summed E-state index contributed by atoms with van der Waals surface area (Å²) in [5.41, 5.74) is 0.663. The second kappa shape index (κ2) is 10.7. The first kappa shape index (κ1) is 21.7. The Balaban J connectivity index is 0.00000280. The molecule has 0 aliphatic carbocycles. The van der Waals surface area contributed by atoms with Gasteiger partial charge in [0.05, 0.1) is 6.54 Å². The van der Waals surface area contributed by atoms with Crippen molar-refractivity contribution in [2.45, 2.75) is 19.9 Å². The Morgan fingerprint density at radius 3 is 2.86 bits per heavy atom. The van der Waals surface area contributed by atoms with Gasteiger partial charge in [-0.2, -0.15) is 10.1 Å². The fourth-order valence-corrected chi connectivity index (χ4v) is 2.43. The number of hydrogen-bond acceptors (Lipinski definition) is 7. The van der Waals surface area contributed by atoms with Crippen LogP contribution < -0.4 is 5.32 Å². The summed E-state index contributed by atoms with van der Waals surface area (Å²) in [4.78, 5) is 19.5. The van der Waals surface area contributed by atoms with E-state index in [0.717, 1.165) is 18.3 Å². The van der Waals surface area contributed by atoms with Gasteiger partial charge >= 0.3 is 0 Å². The maximum Gasteiger partial charge on any atom is 0.276 e. The SMILES string of the molecule is CCNC(=NCCc1noc(-c2ccccn2)n1)N(C)Cc1ncnn1C.I. The van der Waals surface area contributed by atoms with Gasteiger partial charge in [-0.1, -0.05) is 11.2 Å². The summed E-state index contributed by atoms with van der Waals surface area (Å²) in [7, 11) is 3.83. The van der Waals surface area contributed by atoms with Crippen LogP contribution in [-0.4, -0.2) is 60.9 Å². The predicted molar refractivity (Wildman–Crippen MR) is 115 cm³/mol. The highest BCUT2D eigenvalue weighted by Gasteiger charge is 2.11. The number of hydrogen-bond donors (Lipinski definition) is 1. The molecule has 0 saturated carbocycles. The van der Waals surface area contributed by atoms with Crippen LogP contribution in [0.2, 0.25) is 0 Å². The molecule has 0 radical (unpaired) electrons. The lowest BCUT2D eigenvalue weighted by molar-refractivity contribution is 0.421. The van der Waals surface area contributed by atoms with Crippen molar-refractivity contribution in [2.75, 3.05) is 20.1 Å². The van der Waals surface area contributed by atoms with Gasteiger partial charge in [-0.3, -0.25) is 14.7 Å². The van der Waals surface area contributed by atoms with Crippen LogP contribution in [0, 0.1) is 0 Å². The van der Waals surface area contributed by atoms with Crippen molar-refractivity contribution in [3.05, 3.63) is 42.4 Å². The van der Waals surface area contributed by atoms with Crippen molar-refractivity contribution in [2.24, 2.45) is 12.0 Å². The van der Waals surface area contributed by atoms with Crippen LogP contribution in [0.15, 0.2) is 40.2 Å². The lowest BCUT2D eigenvalue weighted by Crippen LogP contribution is -2.39. The number of nitrogens with zero attached hydrogens (tertiary/aromatic N) is 8. The second-order valence-corrected chi connectivity index (χ2v) is 5.87. The van der Waals surface area contributed by atoms with Crippen molar-refractivity contribution in [1.82, 2.24) is 40.1 Å². The average Bonchev–Trinajstić information content (AvgIpc) is 3.31. The first-order valence-corrected chi connectivity index (χ1v) is 8.73. The molecule has 0 aliphatic rings. The minimum Gasteiger partial charge on any atom is -0.357 e. The molecule has 0 bridgehead atoms. The highest BCUT2D eigenvalue weighted by Crippen LogP contribution is 2.13. The van der Waals surface area contributed by atoms with Gasteiger partial charge in [-0.05, 0) is 19.1 Å². The summed E-state index contributed by atoms with van der Waals surface area (Å²) in [5.74, 6) is 2.67. The first-order valence-electron chi connectivity index (χ1n) is 8.73. The summed E-state index contributed by atoms with van der Waals surface area (Å²) >= 11 is 0. The topological polar surface area (TPSA) is 110 Å². The summed E-state index contributed by atoms with van der Waals surface area (Å²) in [5, 5.41) is 11.4. The first-order chi connectivity index (χ1) is 13.2. The molecule has 0 amide bonds. The monoisotopic (exact) mass is 497 g/mol. The molecule has 0 aliphatic heterocycles. The number of pyridine rings is 1. The van der Waals surface area contributed by atoms with Gasteiger partial charge in [0.2, 0.25) is 0 Å². The van der Waals surface area contributed by atoms with Gasteiger partial charge in [-0.25, -0.2) is 4.98 Å². The Bertz CT molecular complexity index is 878. The minimum atomic E-state index is 0. The van der Waals surface area contributed by atoms with E-state index in [1.165, 1.54) is 0 Å². The van der Waals surface area contributed by atoms with Crippen molar-refractivity contribution in [3.8, 4) is 11.6 Å². The molecule has 1 N–H and O–H groups in total. The van der Waals surface area contributed by atoms with E-state index >= 15 is 0 Å². The summed E-state index contributed by atoms with van der Waals surface area (Å²) in [6, 6.07) is 5.56. The number of aliphatic imine (C=N–C) groups is 1. The third-order valence-corrected chi connectivity index (χ3v) is 3.83. The second-order valence-electron chi connectivity index (χ2n) is 5.87. The average molecular weight is 497 g/mol. The maximum atomic E-state index is 5.27. The molecule has 28 heavy (non-hydrogen) atoms. The molecule has 0 fully saturated rings. The third-order valence-electron chi connectivity index (χ3n) is 3.83. The molecule has 150 valence electrons. The lowest BCUT2D eigenvalue weighted by Gasteiger charge is -2.21. The van der Waals surface area contributed by atoms with Crippen LogP contribution in [0.5, 0.6) is 0 Å². The summed E-state index contributed by atoms with van der Waals surface area (Å²) in [6.45, 7) is 3.94. The van der Waals surface area contributed by atoms with Crippen LogP contribution in [-0.2, 0) is 20.0 Å². The van der Waals surface area contributed by atoms with Gasteiger partial charge in [0.15, 0.2) is 11.8 Å². The Labute approximate surface area is 180 Å².